The normalized spacial score (nSPS) is 14.0. The third-order valence-corrected chi connectivity index (χ3v) is 4.79. The molecular weight excluding hydrogens is 342 g/mol. The SMILES string of the molecule is C#CCCC1(CCC(=O)Nc2c(CC)n(C)n(-c3ccccc3)c2=O)N=N1. The molecule has 0 fully saturated rings. The molecular formula is C20H23N5O2. The summed E-state index contributed by atoms with van der Waals surface area (Å²) in [6.07, 6.45) is 7.88. The van der Waals surface area contributed by atoms with E-state index < -0.39 is 5.66 Å². The Bertz CT molecular complexity index is 957. The molecule has 0 atom stereocenters. The number of nitrogens with zero attached hydrogens (tertiary/aromatic N) is 4. The first-order chi connectivity index (χ1) is 13.0. The standard InChI is InChI=1S/C20H23N5O2/c1-4-6-13-20(22-23-20)14-12-17(26)21-18-16(5-2)24(3)25(19(18)27)15-10-8-7-9-11-15/h1,7-11H,5-6,12-14H2,2-3H3,(H,21,26). The maximum Gasteiger partial charge on any atom is 0.295 e. The predicted octanol–water partition coefficient (Wildman–Crippen LogP) is 3.03. The van der Waals surface area contributed by atoms with Gasteiger partial charge in [0, 0.05) is 32.7 Å². The van der Waals surface area contributed by atoms with Gasteiger partial charge in [0.2, 0.25) is 5.91 Å². The number of carbonyl (C=O) groups is 1. The fourth-order valence-electron chi connectivity index (χ4n) is 3.22. The number of nitrogens with one attached hydrogen (secondary N) is 1. The van der Waals surface area contributed by atoms with E-state index in [0.29, 0.717) is 31.4 Å². The molecule has 140 valence electrons. The van der Waals surface area contributed by atoms with Crippen LogP contribution in [0.15, 0.2) is 45.4 Å². The fourth-order valence-corrected chi connectivity index (χ4v) is 3.22. The molecule has 0 saturated carbocycles. The average Bonchev–Trinajstić information content (AvgIpc) is 3.41. The van der Waals surface area contributed by atoms with E-state index in [9.17, 15) is 9.59 Å². The molecule has 7 nitrogen and oxygen atoms in total. The Balaban J connectivity index is 1.76. The summed E-state index contributed by atoms with van der Waals surface area (Å²) in [5.41, 5.74) is 1.12. The highest BCUT2D eigenvalue weighted by Crippen LogP contribution is 2.37. The van der Waals surface area contributed by atoms with Gasteiger partial charge < -0.3 is 5.32 Å². The van der Waals surface area contributed by atoms with E-state index in [0.717, 1.165) is 11.4 Å². The van der Waals surface area contributed by atoms with Gasteiger partial charge in [0.25, 0.3) is 5.56 Å². The summed E-state index contributed by atoms with van der Waals surface area (Å²) in [4.78, 5) is 25.4. The van der Waals surface area contributed by atoms with Gasteiger partial charge in [0.1, 0.15) is 5.69 Å². The molecule has 7 heteroatoms. The van der Waals surface area contributed by atoms with Gasteiger partial charge in [-0.05, 0) is 18.6 Å². The van der Waals surface area contributed by atoms with E-state index in [-0.39, 0.29) is 17.9 Å². The molecule has 0 saturated heterocycles. The molecule has 0 aliphatic carbocycles. The zero-order chi connectivity index (χ0) is 19.4. The summed E-state index contributed by atoms with van der Waals surface area (Å²) in [7, 11) is 1.82. The van der Waals surface area contributed by atoms with E-state index in [1.165, 1.54) is 0 Å². The summed E-state index contributed by atoms with van der Waals surface area (Å²) in [6, 6.07) is 9.36. The van der Waals surface area contributed by atoms with Crippen molar-refractivity contribution in [3.05, 3.63) is 46.4 Å². The van der Waals surface area contributed by atoms with Crippen LogP contribution < -0.4 is 10.9 Å². The number of carbonyl (C=O) groups excluding carboxylic acids is 1. The van der Waals surface area contributed by atoms with Gasteiger partial charge in [-0.15, -0.1) is 12.3 Å². The van der Waals surface area contributed by atoms with Crippen LogP contribution in [-0.2, 0) is 18.3 Å². The lowest BCUT2D eigenvalue weighted by atomic mass is 10.0. The van der Waals surface area contributed by atoms with Crippen molar-refractivity contribution in [2.75, 3.05) is 5.32 Å². The van der Waals surface area contributed by atoms with Gasteiger partial charge in [-0.3, -0.25) is 14.3 Å². The van der Waals surface area contributed by atoms with Crippen LogP contribution in [0.5, 0.6) is 0 Å². The molecule has 2 aromatic rings. The highest BCUT2D eigenvalue weighted by Gasteiger charge is 2.39. The quantitative estimate of drug-likeness (QED) is 0.730. The predicted molar refractivity (Wildman–Crippen MR) is 104 cm³/mol. The Morgan fingerprint density at radius 1 is 1.26 bits per heavy atom. The van der Waals surface area contributed by atoms with Crippen LogP contribution in [0.25, 0.3) is 5.69 Å². The Morgan fingerprint density at radius 2 is 1.96 bits per heavy atom. The first-order valence-electron chi connectivity index (χ1n) is 9.05. The average molecular weight is 365 g/mol. The smallest absolute Gasteiger partial charge is 0.295 e. The van der Waals surface area contributed by atoms with E-state index in [1.54, 1.807) is 9.36 Å². The van der Waals surface area contributed by atoms with Gasteiger partial charge in [-0.1, -0.05) is 25.1 Å². The molecule has 0 radical (unpaired) electrons. The van der Waals surface area contributed by atoms with Gasteiger partial charge >= 0.3 is 0 Å². The number of hydrogen-bond acceptors (Lipinski definition) is 4. The summed E-state index contributed by atoms with van der Waals surface area (Å²) >= 11 is 0. The minimum absolute atomic E-state index is 0.218. The summed E-state index contributed by atoms with van der Waals surface area (Å²) in [6.45, 7) is 1.95. The molecule has 0 spiro atoms. The van der Waals surface area contributed by atoms with Gasteiger partial charge in [-0.25, -0.2) is 4.68 Å². The molecule has 27 heavy (non-hydrogen) atoms. The molecule has 1 aromatic heterocycles. The van der Waals surface area contributed by atoms with E-state index >= 15 is 0 Å². The number of hydrogen-bond donors (Lipinski definition) is 1. The minimum Gasteiger partial charge on any atom is -0.320 e. The van der Waals surface area contributed by atoms with Crippen molar-refractivity contribution in [3.63, 3.8) is 0 Å². The van der Waals surface area contributed by atoms with Crippen LogP contribution in [-0.4, -0.2) is 20.9 Å². The molecule has 1 aromatic carbocycles. The second kappa shape index (κ2) is 7.62. The van der Waals surface area contributed by atoms with Crippen LogP contribution in [0, 0.1) is 12.3 Å². The molecule has 1 aliphatic heterocycles. The van der Waals surface area contributed by atoms with Crippen molar-refractivity contribution >= 4 is 11.6 Å². The maximum absolute atomic E-state index is 12.9. The first-order valence-corrected chi connectivity index (χ1v) is 9.05. The van der Waals surface area contributed by atoms with Gasteiger partial charge in [0.15, 0.2) is 5.66 Å². The molecule has 0 bridgehead atoms. The maximum atomic E-state index is 12.9. The van der Waals surface area contributed by atoms with Crippen molar-refractivity contribution in [1.82, 2.24) is 9.36 Å². The van der Waals surface area contributed by atoms with Gasteiger partial charge in [-0.2, -0.15) is 10.2 Å². The molecule has 2 heterocycles. The van der Waals surface area contributed by atoms with Crippen molar-refractivity contribution in [3.8, 4) is 18.0 Å². The lowest BCUT2D eigenvalue weighted by molar-refractivity contribution is -0.116. The second-order valence-electron chi connectivity index (χ2n) is 6.59. The summed E-state index contributed by atoms with van der Waals surface area (Å²) in [5, 5.41) is 10.9. The third kappa shape index (κ3) is 3.85. The van der Waals surface area contributed by atoms with Gasteiger partial charge in [0.05, 0.1) is 11.4 Å². The lowest BCUT2D eigenvalue weighted by Crippen LogP contribution is -2.23. The van der Waals surface area contributed by atoms with Crippen molar-refractivity contribution in [1.29, 1.82) is 0 Å². The van der Waals surface area contributed by atoms with Crippen LogP contribution in [0.3, 0.4) is 0 Å². The van der Waals surface area contributed by atoms with Crippen molar-refractivity contribution in [2.45, 2.75) is 44.7 Å². The lowest BCUT2D eigenvalue weighted by Gasteiger charge is -2.09. The first kappa shape index (κ1) is 18.6. The van der Waals surface area contributed by atoms with Crippen LogP contribution >= 0.6 is 0 Å². The van der Waals surface area contributed by atoms with E-state index in [1.807, 2.05) is 44.3 Å². The largest absolute Gasteiger partial charge is 0.320 e. The molecule has 1 N–H and O–H groups in total. The zero-order valence-corrected chi connectivity index (χ0v) is 15.6. The number of aromatic nitrogens is 2. The van der Waals surface area contributed by atoms with Crippen LogP contribution in [0.4, 0.5) is 5.69 Å². The monoisotopic (exact) mass is 365 g/mol. The van der Waals surface area contributed by atoms with Crippen molar-refractivity contribution < 1.29 is 4.79 Å². The van der Waals surface area contributed by atoms with E-state index in [4.69, 9.17) is 6.42 Å². The highest BCUT2D eigenvalue weighted by atomic mass is 16.2. The third-order valence-electron chi connectivity index (χ3n) is 4.79. The Kier molecular flexibility index (Phi) is 5.26. The number of benzene rings is 1. The van der Waals surface area contributed by atoms with E-state index in [2.05, 4.69) is 21.5 Å². The molecule has 0 unspecified atom stereocenters. The Hall–Kier alpha value is -3.14. The Morgan fingerprint density at radius 3 is 2.56 bits per heavy atom. The van der Waals surface area contributed by atoms with Crippen LogP contribution in [0.1, 0.15) is 38.3 Å². The highest BCUT2D eigenvalue weighted by molar-refractivity contribution is 5.91. The number of rotatable bonds is 8. The number of amides is 1. The fraction of sp³-hybridized carbons (Fsp3) is 0.400. The molecule has 1 amide bonds. The topological polar surface area (TPSA) is 80.8 Å². The summed E-state index contributed by atoms with van der Waals surface area (Å²) < 4.78 is 3.35. The van der Waals surface area contributed by atoms with Crippen LogP contribution in [0.2, 0.25) is 0 Å². The molecule has 1 aliphatic rings. The molecule has 3 rings (SSSR count). The summed E-state index contributed by atoms with van der Waals surface area (Å²) in [5.74, 6) is 2.35. The number of para-hydroxylation sites is 1. The Labute approximate surface area is 158 Å². The number of anilines is 1. The number of terminal acetylenes is 1. The zero-order valence-electron chi connectivity index (χ0n) is 15.6. The second-order valence-corrected chi connectivity index (χ2v) is 6.59. The van der Waals surface area contributed by atoms with Crippen molar-refractivity contribution in [2.24, 2.45) is 17.3 Å². The minimum atomic E-state index is -0.502.